The Morgan fingerprint density at radius 2 is 1.58 bits per heavy atom. The van der Waals surface area contributed by atoms with Crippen molar-refractivity contribution in [1.29, 1.82) is 0 Å². The van der Waals surface area contributed by atoms with Gasteiger partial charge < -0.3 is 4.74 Å². The first-order valence-electron chi connectivity index (χ1n) is 6.63. The topological polar surface area (TPSA) is 9.23 Å². The fraction of sp³-hybridized carbons (Fsp3) is 0.625. The highest BCUT2D eigenvalue weighted by molar-refractivity contribution is 5.35. The molecule has 0 heterocycles. The minimum Gasteiger partial charge on any atom is -0.490 e. The molecule has 0 fully saturated rings. The summed E-state index contributed by atoms with van der Waals surface area (Å²) in [5.41, 5.74) is 0.602. The molecule has 0 bridgehead atoms. The van der Waals surface area contributed by atoms with Gasteiger partial charge in [0.2, 0.25) is 5.82 Å². The summed E-state index contributed by atoms with van der Waals surface area (Å²) in [4.78, 5) is 0. The Labute approximate surface area is 115 Å². The molecule has 108 valence electrons. The van der Waals surface area contributed by atoms with Gasteiger partial charge in [-0.15, -0.1) is 0 Å². The van der Waals surface area contributed by atoms with Gasteiger partial charge in [-0.3, -0.25) is 0 Å². The molecule has 0 amide bonds. The fourth-order valence-corrected chi connectivity index (χ4v) is 1.57. The minimum absolute atomic E-state index is 0.00850. The Bertz CT molecular complexity index is 439. The van der Waals surface area contributed by atoms with Crippen molar-refractivity contribution in [2.24, 2.45) is 5.41 Å². The Kier molecular flexibility index (Phi) is 4.59. The van der Waals surface area contributed by atoms with Gasteiger partial charge in [0.05, 0.1) is 6.61 Å². The molecule has 0 atom stereocenters. The normalized spacial score (nSPS) is 12.6. The molecule has 0 saturated carbocycles. The second-order valence-corrected chi connectivity index (χ2v) is 7.18. The molecule has 0 spiro atoms. The SMILES string of the molecule is CC(C)(C)CCOc1cc(C(C)(C)C)cc(F)c1F. The van der Waals surface area contributed by atoms with Crippen LogP contribution in [-0.2, 0) is 5.41 Å². The Morgan fingerprint density at radius 3 is 2.05 bits per heavy atom. The van der Waals surface area contributed by atoms with Crippen molar-refractivity contribution in [3.63, 3.8) is 0 Å². The summed E-state index contributed by atoms with van der Waals surface area (Å²) in [7, 11) is 0. The molecule has 0 N–H and O–H groups in total. The lowest BCUT2D eigenvalue weighted by Crippen LogP contribution is -2.14. The number of rotatable bonds is 3. The monoisotopic (exact) mass is 270 g/mol. The maximum absolute atomic E-state index is 13.7. The zero-order valence-corrected chi connectivity index (χ0v) is 12.7. The number of hydrogen-bond acceptors (Lipinski definition) is 1. The van der Waals surface area contributed by atoms with Crippen LogP contribution in [0.4, 0.5) is 8.78 Å². The number of ether oxygens (including phenoxy) is 1. The van der Waals surface area contributed by atoms with E-state index in [0.717, 1.165) is 12.0 Å². The summed E-state index contributed by atoms with van der Waals surface area (Å²) < 4.78 is 32.7. The molecular formula is C16H24F2O. The van der Waals surface area contributed by atoms with Gasteiger partial charge in [0, 0.05) is 0 Å². The van der Waals surface area contributed by atoms with E-state index in [2.05, 4.69) is 20.8 Å². The van der Waals surface area contributed by atoms with Crippen molar-refractivity contribution in [3.05, 3.63) is 29.3 Å². The Hall–Kier alpha value is -1.12. The highest BCUT2D eigenvalue weighted by Crippen LogP contribution is 2.30. The van der Waals surface area contributed by atoms with E-state index in [1.807, 2.05) is 20.8 Å². The minimum atomic E-state index is -0.901. The van der Waals surface area contributed by atoms with Crippen LogP contribution in [-0.4, -0.2) is 6.61 Å². The van der Waals surface area contributed by atoms with E-state index in [0.29, 0.717) is 6.61 Å². The van der Waals surface area contributed by atoms with E-state index in [-0.39, 0.29) is 16.6 Å². The molecule has 1 rings (SSSR count). The van der Waals surface area contributed by atoms with E-state index in [4.69, 9.17) is 4.74 Å². The van der Waals surface area contributed by atoms with Gasteiger partial charge in [0.1, 0.15) is 0 Å². The van der Waals surface area contributed by atoms with Crippen molar-refractivity contribution < 1.29 is 13.5 Å². The lowest BCUT2D eigenvalue weighted by Gasteiger charge is -2.22. The molecule has 0 aliphatic heterocycles. The molecule has 19 heavy (non-hydrogen) atoms. The molecule has 3 heteroatoms. The average Bonchev–Trinajstić information content (AvgIpc) is 2.20. The van der Waals surface area contributed by atoms with Gasteiger partial charge in [0.25, 0.3) is 0 Å². The predicted octanol–water partition coefficient (Wildman–Crippen LogP) is 5.08. The highest BCUT2D eigenvalue weighted by atomic mass is 19.2. The van der Waals surface area contributed by atoms with Crippen LogP contribution in [0.5, 0.6) is 5.75 Å². The zero-order chi connectivity index (χ0) is 14.8. The zero-order valence-electron chi connectivity index (χ0n) is 12.7. The van der Waals surface area contributed by atoms with Crippen molar-refractivity contribution in [3.8, 4) is 5.75 Å². The third-order valence-corrected chi connectivity index (χ3v) is 2.97. The molecule has 1 aromatic carbocycles. The van der Waals surface area contributed by atoms with Crippen LogP contribution in [0.2, 0.25) is 0 Å². The van der Waals surface area contributed by atoms with E-state index in [9.17, 15) is 8.78 Å². The summed E-state index contributed by atoms with van der Waals surface area (Å²) >= 11 is 0. The maximum Gasteiger partial charge on any atom is 0.200 e. The highest BCUT2D eigenvalue weighted by Gasteiger charge is 2.20. The van der Waals surface area contributed by atoms with Crippen molar-refractivity contribution in [1.82, 2.24) is 0 Å². The summed E-state index contributed by atoms with van der Waals surface area (Å²) in [5, 5.41) is 0. The van der Waals surface area contributed by atoms with E-state index >= 15 is 0 Å². The molecule has 0 aromatic heterocycles. The van der Waals surface area contributed by atoms with Gasteiger partial charge >= 0.3 is 0 Å². The van der Waals surface area contributed by atoms with Crippen molar-refractivity contribution >= 4 is 0 Å². The third kappa shape index (κ3) is 4.81. The predicted molar refractivity (Wildman–Crippen MR) is 74.6 cm³/mol. The first kappa shape index (κ1) is 15.9. The van der Waals surface area contributed by atoms with Crippen LogP contribution < -0.4 is 4.74 Å². The smallest absolute Gasteiger partial charge is 0.200 e. The number of hydrogen-bond donors (Lipinski definition) is 0. The van der Waals surface area contributed by atoms with Gasteiger partial charge in [-0.1, -0.05) is 41.5 Å². The molecule has 0 radical (unpaired) electrons. The first-order valence-corrected chi connectivity index (χ1v) is 6.63. The number of benzene rings is 1. The molecule has 1 nitrogen and oxygen atoms in total. The molecule has 1 aromatic rings. The van der Waals surface area contributed by atoms with Crippen molar-refractivity contribution in [2.45, 2.75) is 53.4 Å². The molecular weight excluding hydrogens is 246 g/mol. The fourth-order valence-electron chi connectivity index (χ4n) is 1.57. The van der Waals surface area contributed by atoms with Gasteiger partial charge in [0.15, 0.2) is 11.6 Å². The van der Waals surface area contributed by atoms with Crippen LogP contribution in [0, 0.1) is 17.0 Å². The van der Waals surface area contributed by atoms with Gasteiger partial charge in [-0.2, -0.15) is 4.39 Å². The third-order valence-electron chi connectivity index (χ3n) is 2.97. The van der Waals surface area contributed by atoms with Crippen LogP contribution in [0.25, 0.3) is 0 Å². The largest absolute Gasteiger partial charge is 0.490 e. The second-order valence-electron chi connectivity index (χ2n) is 7.18. The molecule has 0 aliphatic rings. The second kappa shape index (κ2) is 5.48. The number of halogens is 2. The Balaban J connectivity index is 2.91. The molecule has 0 saturated heterocycles. The lowest BCUT2D eigenvalue weighted by molar-refractivity contribution is 0.232. The van der Waals surface area contributed by atoms with Crippen LogP contribution >= 0.6 is 0 Å². The summed E-state index contributed by atoms with van der Waals surface area (Å²) in [6, 6.07) is 2.84. The van der Waals surface area contributed by atoms with Gasteiger partial charge in [-0.25, -0.2) is 4.39 Å². The van der Waals surface area contributed by atoms with Crippen molar-refractivity contribution in [2.75, 3.05) is 6.61 Å². The van der Waals surface area contributed by atoms with E-state index in [1.54, 1.807) is 6.07 Å². The average molecular weight is 270 g/mol. The summed E-state index contributed by atoms with van der Waals surface area (Å²) in [5.74, 6) is -1.74. The standard InChI is InChI=1S/C16H24F2O/c1-15(2,3)7-8-19-13-10-11(16(4,5)6)9-12(17)14(13)18/h9-10H,7-8H2,1-6H3. The molecule has 0 unspecified atom stereocenters. The molecule has 0 aliphatic carbocycles. The van der Waals surface area contributed by atoms with E-state index in [1.165, 1.54) is 6.07 Å². The first-order chi connectivity index (χ1) is 8.50. The quantitative estimate of drug-likeness (QED) is 0.744. The summed E-state index contributed by atoms with van der Waals surface area (Å²) in [6.45, 7) is 12.5. The lowest BCUT2D eigenvalue weighted by atomic mass is 9.87. The van der Waals surface area contributed by atoms with E-state index < -0.39 is 11.6 Å². The van der Waals surface area contributed by atoms with Crippen LogP contribution in [0.1, 0.15) is 53.5 Å². The Morgan fingerprint density at radius 1 is 1.00 bits per heavy atom. The maximum atomic E-state index is 13.7. The van der Waals surface area contributed by atoms with Crippen LogP contribution in [0.15, 0.2) is 12.1 Å². The van der Waals surface area contributed by atoms with Crippen LogP contribution in [0.3, 0.4) is 0 Å². The summed E-state index contributed by atoms with van der Waals surface area (Å²) in [6.07, 6.45) is 0.786. The van der Waals surface area contributed by atoms with Gasteiger partial charge in [-0.05, 0) is 34.9 Å².